The summed E-state index contributed by atoms with van der Waals surface area (Å²) in [6, 6.07) is 3.97. The van der Waals surface area contributed by atoms with Crippen LogP contribution in [-0.4, -0.2) is 22.8 Å². The molecule has 1 unspecified atom stereocenters. The highest BCUT2D eigenvalue weighted by atomic mass is 32.1. The third-order valence-corrected chi connectivity index (χ3v) is 3.36. The number of nitrogens with two attached hydrogens (primary N) is 1. The molecule has 0 fully saturated rings. The lowest BCUT2D eigenvalue weighted by atomic mass is 10.1. The number of carbonyl (C=O) groups is 1. The Morgan fingerprint density at radius 2 is 2.40 bits per heavy atom. The number of amides is 1. The van der Waals surface area contributed by atoms with Gasteiger partial charge in [0, 0.05) is 11.9 Å². The molecular weight excluding hydrogens is 228 g/mol. The molecule has 15 heavy (non-hydrogen) atoms. The maximum atomic E-state index is 11.8. The van der Waals surface area contributed by atoms with Gasteiger partial charge in [-0.3, -0.25) is 4.79 Å². The Balaban J connectivity index is 2.57. The summed E-state index contributed by atoms with van der Waals surface area (Å²) in [5.74, 6) is -0.416. The molecule has 0 aliphatic heterocycles. The van der Waals surface area contributed by atoms with Gasteiger partial charge in [0.15, 0.2) is 0 Å². The first kappa shape index (κ1) is 12.1. The molecule has 0 bridgehead atoms. The van der Waals surface area contributed by atoms with Gasteiger partial charge in [-0.15, -0.1) is 11.3 Å². The minimum Gasteiger partial charge on any atom is -0.393 e. The van der Waals surface area contributed by atoms with E-state index in [1.54, 1.807) is 30.2 Å². The number of carbonyl (C=O) groups excluding carboxylic acids is 1. The van der Waals surface area contributed by atoms with E-state index in [1.165, 1.54) is 0 Å². The van der Waals surface area contributed by atoms with Gasteiger partial charge in [0.25, 0.3) is 0 Å². The summed E-state index contributed by atoms with van der Waals surface area (Å²) in [5.41, 5.74) is 5.43. The van der Waals surface area contributed by atoms with Crippen molar-refractivity contribution >= 4 is 34.5 Å². The molecule has 2 N–H and O–H groups in total. The van der Waals surface area contributed by atoms with Crippen LogP contribution in [0.4, 0.5) is 0 Å². The first-order valence-electron chi connectivity index (χ1n) is 4.59. The molecule has 1 amide bonds. The highest BCUT2D eigenvalue weighted by Gasteiger charge is 2.19. The van der Waals surface area contributed by atoms with Crippen LogP contribution >= 0.6 is 23.6 Å². The first-order chi connectivity index (χ1) is 7.02. The molecule has 0 spiro atoms. The minimum atomic E-state index is -0.384. The van der Waals surface area contributed by atoms with E-state index in [9.17, 15) is 4.79 Å². The van der Waals surface area contributed by atoms with Crippen molar-refractivity contribution in [2.24, 2.45) is 11.7 Å². The Labute approximate surface area is 98.9 Å². The van der Waals surface area contributed by atoms with Crippen LogP contribution in [-0.2, 0) is 11.3 Å². The maximum Gasteiger partial charge on any atom is 0.232 e. The van der Waals surface area contributed by atoms with E-state index in [2.05, 4.69) is 0 Å². The molecule has 5 heteroatoms. The third-order valence-electron chi connectivity index (χ3n) is 2.15. The standard InChI is InChI=1S/C10H14N2OS2/c1-7(9(11)14)10(13)12(2)6-8-4-3-5-15-8/h3-5,7H,6H2,1-2H3,(H2,11,14). The molecule has 3 nitrogen and oxygen atoms in total. The summed E-state index contributed by atoms with van der Waals surface area (Å²) in [6.45, 7) is 2.35. The smallest absolute Gasteiger partial charge is 0.232 e. The van der Waals surface area contributed by atoms with Crippen molar-refractivity contribution in [1.82, 2.24) is 4.90 Å². The second-order valence-corrected chi connectivity index (χ2v) is 4.90. The van der Waals surface area contributed by atoms with E-state index in [4.69, 9.17) is 18.0 Å². The highest BCUT2D eigenvalue weighted by molar-refractivity contribution is 7.80. The fraction of sp³-hybridized carbons (Fsp3) is 0.400. The summed E-state index contributed by atoms with van der Waals surface area (Å²) < 4.78 is 0. The van der Waals surface area contributed by atoms with Crippen LogP contribution in [0.15, 0.2) is 17.5 Å². The monoisotopic (exact) mass is 242 g/mol. The molecule has 1 aromatic heterocycles. The van der Waals surface area contributed by atoms with Gasteiger partial charge in [0.05, 0.1) is 17.5 Å². The number of hydrogen-bond donors (Lipinski definition) is 1. The Bertz CT molecular complexity index is 348. The fourth-order valence-electron chi connectivity index (χ4n) is 1.17. The molecular formula is C10H14N2OS2. The molecule has 0 aromatic carbocycles. The van der Waals surface area contributed by atoms with Crippen LogP contribution in [0, 0.1) is 5.92 Å². The number of thiophene rings is 1. The molecule has 0 aliphatic rings. The highest BCUT2D eigenvalue weighted by Crippen LogP contribution is 2.12. The molecule has 0 saturated heterocycles. The molecule has 1 heterocycles. The minimum absolute atomic E-state index is 0.0316. The van der Waals surface area contributed by atoms with E-state index in [0.29, 0.717) is 6.54 Å². The lowest BCUT2D eigenvalue weighted by Crippen LogP contribution is -2.36. The number of hydrogen-bond acceptors (Lipinski definition) is 3. The summed E-state index contributed by atoms with van der Waals surface area (Å²) in [6.07, 6.45) is 0. The Kier molecular flexibility index (Phi) is 4.23. The van der Waals surface area contributed by atoms with E-state index < -0.39 is 0 Å². The van der Waals surface area contributed by atoms with Crippen molar-refractivity contribution in [2.45, 2.75) is 13.5 Å². The molecule has 1 aromatic rings. The predicted molar refractivity (Wildman–Crippen MR) is 66.7 cm³/mol. The van der Waals surface area contributed by atoms with E-state index >= 15 is 0 Å². The zero-order valence-electron chi connectivity index (χ0n) is 8.77. The van der Waals surface area contributed by atoms with Crippen LogP contribution in [0.5, 0.6) is 0 Å². The van der Waals surface area contributed by atoms with E-state index in [-0.39, 0.29) is 16.8 Å². The van der Waals surface area contributed by atoms with Crippen molar-refractivity contribution in [3.8, 4) is 0 Å². The SMILES string of the molecule is CC(C(=O)N(C)Cc1cccs1)C(N)=S. The summed E-state index contributed by atoms with van der Waals surface area (Å²) in [5, 5.41) is 1.99. The topological polar surface area (TPSA) is 46.3 Å². The van der Waals surface area contributed by atoms with Gasteiger partial charge in [-0.1, -0.05) is 18.3 Å². The summed E-state index contributed by atoms with van der Waals surface area (Å²) in [4.78, 5) is 14.8. The molecule has 1 atom stereocenters. The van der Waals surface area contributed by atoms with E-state index in [1.807, 2.05) is 17.5 Å². The van der Waals surface area contributed by atoms with E-state index in [0.717, 1.165) is 4.88 Å². The van der Waals surface area contributed by atoms with Crippen LogP contribution in [0.2, 0.25) is 0 Å². The second-order valence-electron chi connectivity index (χ2n) is 3.40. The quantitative estimate of drug-likeness (QED) is 0.816. The number of thiocarbonyl (C=S) groups is 1. The Morgan fingerprint density at radius 1 is 1.73 bits per heavy atom. The average Bonchev–Trinajstić information content (AvgIpc) is 2.67. The molecule has 0 saturated carbocycles. The van der Waals surface area contributed by atoms with Crippen LogP contribution in [0.25, 0.3) is 0 Å². The molecule has 0 aliphatic carbocycles. The molecule has 82 valence electrons. The molecule has 0 radical (unpaired) electrons. The van der Waals surface area contributed by atoms with Crippen molar-refractivity contribution < 1.29 is 4.79 Å². The van der Waals surface area contributed by atoms with Crippen LogP contribution < -0.4 is 5.73 Å². The van der Waals surface area contributed by atoms with Gasteiger partial charge in [-0.25, -0.2) is 0 Å². The van der Waals surface area contributed by atoms with Crippen LogP contribution in [0.1, 0.15) is 11.8 Å². The van der Waals surface area contributed by atoms with Crippen molar-refractivity contribution in [2.75, 3.05) is 7.05 Å². The van der Waals surface area contributed by atoms with Gasteiger partial charge in [0.1, 0.15) is 0 Å². The zero-order valence-corrected chi connectivity index (χ0v) is 10.4. The largest absolute Gasteiger partial charge is 0.393 e. The Hall–Kier alpha value is -0.940. The van der Waals surface area contributed by atoms with Gasteiger partial charge in [-0.05, 0) is 18.4 Å². The van der Waals surface area contributed by atoms with Gasteiger partial charge >= 0.3 is 0 Å². The molecule has 1 rings (SSSR count). The van der Waals surface area contributed by atoms with Crippen molar-refractivity contribution in [3.63, 3.8) is 0 Å². The Morgan fingerprint density at radius 3 is 2.87 bits per heavy atom. The first-order valence-corrected chi connectivity index (χ1v) is 5.88. The van der Waals surface area contributed by atoms with Gasteiger partial charge in [-0.2, -0.15) is 0 Å². The zero-order chi connectivity index (χ0) is 11.4. The number of nitrogens with zero attached hydrogens (tertiary/aromatic N) is 1. The van der Waals surface area contributed by atoms with Gasteiger partial charge in [0.2, 0.25) is 5.91 Å². The normalized spacial score (nSPS) is 12.1. The summed E-state index contributed by atoms with van der Waals surface area (Å²) >= 11 is 6.43. The number of rotatable bonds is 4. The lowest BCUT2D eigenvalue weighted by Gasteiger charge is -2.19. The lowest BCUT2D eigenvalue weighted by molar-refractivity contribution is -0.132. The average molecular weight is 242 g/mol. The van der Waals surface area contributed by atoms with Crippen molar-refractivity contribution in [3.05, 3.63) is 22.4 Å². The van der Waals surface area contributed by atoms with Crippen LogP contribution in [0.3, 0.4) is 0 Å². The second kappa shape index (κ2) is 5.23. The summed E-state index contributed by atoms with van der Waals surface area (Å²) in [7, 11) is 1.76. The van der Waals surface area contributed by atoms with Crippen molar-refractivity contribution in [1.29, 1.82) is 0 Å². The third kappa shape index (κ3) is 3.28. The fourth-order valence-corrected chi connectivity index (χ4v) is 2.02. The maximum absolute atomic E-state index is 11.8. The van der Waals surface area contributed by atoms with Gasteiger partial charge < -0.3 is 10.6 Å². The predicted octanol–water partition coefficient (Wildman–Crippen LogP) is 1.63.